The van der Waals surface area contributed by atoms with E-state index in [0.717, 1.165) is 0 Å². The highest BCUT2D eigenvalue weighted by Gasteiger charge is 2.52. The number of hydrogen-bond donors (Lipinski definition) is 1. The van der Waals surface area contributed by atoms with Crippen molar-refractivity contribution < 1.29 is 36.0 Å². The monoisotopic (exact) mass is 405 g/mol. The van der Waals surface area contributed by atoms with Crippen molar-refractivity contribution in [2.45, 2.75) is 57.7 Å². The molecule has 3 rings (SSSR count). The summed E-state index contributed by atoms with van der Waals surface area (Å²) >= 11 is 0. The minimum Gasteiger partial charge on any atom is -0.459 e. The van der Waals surface area contributed by atoms with E-state index in [4.69, 9.17) is 18.9 Å². The Labute approximate surface area is 157 Å². The molecule has 0 spiro atoms. The molecule has 12 heteroatoms. The van der Waals surface area contributed by atoms with Gasteiger partial charge in [0.05, 0.1) is 18.1 Å². The standard InChI is InChI=1S/C15H23N3O8S/c1-14(2)7-15(3,12(20)25-14)8-24-27(22,23)26-18-9-4-5-10(11(16)19)17(6-9)13(18)21/h9-10H,4-8H2,1-3H3,(H2,16,19)/t9?,10-,15?/m0/s1. The van der Waals surface area contributed by atoms with Crippen molar-refractivity contribution in [3.05, 3.63) is 0 Å². The molecule has 3 aliphatic heterocycles. The number of fused-ring (bicyclic) bond motifs is 2. The molecule has 3 aliphatic rings. The maximum absolute atomic E-state index is 12.4. The van der Waals surface area contributed by atoms with Crippen molar-refractivity contribution in [2.75, 3.05) is 13.2 Å². The van der Waals surface area contributed by atoms with Crippen molar-refractivity contribution in [3.63, 3.8) is 0 Å². The maximum atomic E-state index is 12.4. The van der Waals surface area contributed by atoms with E-state index in [2.05, 4.69) is 0 Å². The second-order valence-corrected chi connectivity index (χ2v) is 9.24. The van der Waals surface area contributed by atoms with Gasteiger partial charge in [-0.3, -0.25) is 9.59 Å². The summed E-state index contributed by atoms with van der Waals surface area (Å²) in [6, 6.07) is -2.08. The third-order valence-electron chi connectivity index (χ3n) is 5.02. The average Bonchev–Trinajstić information content (AvgIpc) is 2.89. The Hall–Kier alpha value is -1.92. The molecule has 3 fully saturated rings. The first-order chi connectivity index (χ1) is 12.3. The fourth-order valence-corrected chi connectivity index (χ4v) is 4.71. The fraction of sp³-hybridized carbons (Fsp3) is 0.800. The summed E-state index contributed by atoms with van der Waals surface area (Å²) in [6.07, 6.45) is 0.961. The Morgan fingerprint density at radius 3 is 2.52 bits per heavy atom. The minimum absolute atomic E-state index is 0.139. The van der Waals surface area contributed by atoms with E-state index < -0.39 is 58.0 Å². The molecule has 2 bridgehead atoms. The van der Waals surface area contributed by atoms with E-state index in [1.807, 2.05) is 0 Å². The van der Waals surface area contributed by atoms with Gasteiger partial charge in [-0.1, -0.05) is 0 Å². The van der Waals surface area contributed by atoms with E-state index in [1.54, 1.807) is 13.8 Å². The average molecular weight is 405 g/mol. The van der Waals surface area contributed by atoms with Gasteiger partial charge in [0.1, 0.15) is 11.6 Å². The lowest BCUT2D eigenvalue weighted by molar-refractivity contribution is -0.152. The third kappa shape index (κ3) is 3.73. The van der Waals surface area contributed by atoms with Crippen molar-refractivity contribution in [1.82, 2.24) is 9.96 Å². The summed E-state index contributed by atoms with van der Waals surface area (Å²) < 4.78 is 39.3. The molecule has 11 nitrogen and oxygen atoms in total. The Morgan fingerprint density at radius 1 is 1.30 bits per heavy atom. The first kappa shape index (κ1) is 19.8. The lowest BCUT2D eigenvalue weighted by atomic mass is 9.84. The number of hydroxylamine groups is 2. The number of ether oxygens (including phenoxy) is 1. The fourth-order valence-electron chi connectivity index (χ4n) is 3.88. The van der Waals surface area contributed by atoms with E-state index in [-0.39, 0.29) is 13.0 Å². The molecule has 0 saturated carbocycles. The number of esters is 1. The van der Waals surface area contributed by atoms with Crippen LogP contribution < -0.4 is 5.73 Å². The Bertz CT molecular complexity index is 782. The molecule has 3 amide bonds. The predicted molar refractivity (Wildman–Crippen MR) is 88.8 cm³/mol. The predicted octanol–water partition coefficient (Wildman–Crippen LogP) is -0.335. The molecule has 3 saturated heterocycles. The molecule has 2 unspecified atom stereocenters. The zero-order chi connectivity index (χ0) is 20.2. The van der Waals surface area contributed by atoms with Crippen LogP contribution in [0.25, 0.3) is 0 Å². The highest BCUT2D eigenvalue weighted by Crippen LogP contribution is 2.40. The molecule has 0 radical (unpaired) electrons. The van der Waals surface area contributed by atoms with Gasteiger partial charge >= 0.3 is 22.4 Å². The van der Waals surface area contributed by atoms with Gasteiger partial charge in [-0.15, -0.1) is 4.28 Å². The number of carbonyl (C=O) groups excluding carboxylic acids is 3. The zero-order valence-corrected chi connectivity index (χ0v) is 16.2. The summed E-state index contributed by atoms with van der Waals surface area (Å²) in [4.78, 5) is 37.0. The van der Waals surface area contributed by atoms with Gasteiger partial charge < -0.3 is 15.4 Å². The van der Waals surface area contributed by atoms with Crippen LogP contribution in [-0.4, -0.2) is 67.1 Å². The Kier molecular flexibility index (Phi) is 4.64. The summed E-state index contributed by atoms with van der Waals surface area (Å²) in [5.74, 6) is -1.22. The van der Waals surface area contributed by atoms with Crippen molar-refractivity contribution >= 4 is 28.3 Å². The van der Waals surface area contributed by atoms with Crippen LogP contribution in [0, 0.1) is 5.41 Å². The topological polar surface area (TPSA) is 146 Å². The molecule has 3 heterocycles. The number of carbonyl (C=O) groups is 3. The van der Waals surface area contributed by atoms with E-state index in [1.165, 1.54) is 11.8 Å². The summed E-state index contributed by atoms with van der Waals surface area (Å²) in [5.41, 5.74) is 3.40. The summed E-state index contributed by atoms with van der Waals surface area (Å²) in [6.45, 7) is 4.64. The highest BCUT2D eigenvalue weighted by atomic mass is 32.3. The van der Waals surface area contributed by atoms with Crippen LogP contribution >= 0.6 is 0 Å². The van der Waals surface area contributed by atoms with Gasteiger partial charge in [-0.05, 0) is 33.6 Å². The molecule has 0 aliphatic carbocycles. The molecule has 2 N–H and O–H groups in total. The maximum Gasteiger partial charge on any atom is 0.421 e. The van der Waals surface area contributed by atoms with Gasteiger partial charge in [0.25, 0.3) is 0 Å². The molecule has 0 aromatic carbocycles. The number of primary amides is 1. The molecular weight excluding hydrogens is 382 g/mol. The van der Waals surface area contributed by atoms with Crippen LogP contribution in [0.1, 0.15) is 40.0 Å². The highest BCUT2D eigenvalue weighted by molar-refractivity contribution is 7.81. The normalized spacial score (nSPS) is 32.7. The van der Waals surface area contributed by atoms with Gasteiger partial charge in [0.2, 0.25) is 5.91 Å². The number of nitrogens with zero attached hydrogens (tertiary/aromatic N) is 2. The van der Waals surface area contributed by atoms with Crippen LogP contribution in [0.4, 0.5) is 4.79 Å². The SMILES string of the molecule is CC1(C)CC(C)(COS(=O)(=O)ON2C(=O)N3CC2CC[C@H]3C(N)=O)C(=O)O1. The molecule has 0 aromatic rings. The minimum atomic E-state index is -4.61. The number of urea groups is 1. The lowest BCUT2D eigenvalue weighted by Crippen LogP contribution is -2.47. The number of amides is 3. The molecule has 152 valence electrons. The molecule has 0 aromatic heterocycles. The zero-order valence-electron chi connectivity index (χ0n) is 15.3. The van der Waals surface area contributed by atoms with Crippen LogP contribution in [0.2, 0.25) is 0 Å². The Morgan fingerprint density at radius 2 is 1.96 bits per heavy atom. The van der Waals surface area contributed by atoms with Gasteiger partial charge in [0, 0.05) is 13.0 Å². The smallest absolute Gasteiger partial charge is 0.421 e. The quantitative estimate of drug-likeness (QED) is 0.591. The van der Waals surface area contributed by atoms with Gasteiger partial charge in [-0.2, -0.15) is 13.5 Å². The van der Waals surface area contributed by atoms with Gasteiger partial charge in [-0.25, -0.2) is 8.98 Å². The molecule has 3 atom stereocenters. The second kappa shape index (κ2) is 6.31. The number of hydrogen-bond acceptors (Lipinski definition) is 8. The number of cyclic esters (lactones) is 1. The van der Waals surface area contributed by atoms with Crippen molar-refractivity contribution in [1.29, 1.82) is 0 Å². The molecular formula is C15H23N3O8S. The summed E-state index contributed by atoms with van der Waals surface area (Å²) in [5, 5.41) is 0.692. The lowest BCUT2D eigenvalue weighted by Gasteiger charge is -2.27. The Balaban J connectivity index is 1.65. The van der Waals surface area contributed by atoms with E-state index in [9.17, 15) is 22.8 Å². The summed E-state index contributed by atoms with van der Waals surface area (Å²) in [7, 11) is -4.61. The van der Waals surface area contributed by atoms with Crippen molar-refractivity contribution in [3.8, 4) is 0 Å². The van der Waals surface area contributed by atoms with Crippen LogP contribution in [0.5, 0.6) is 0 Å². The largest absolute Gasteiger partial charge is 0.459 e. The number of piperidine rings is 1. The second-order valence-electron chi connectivity index (χ2n) is 8.04. The van der Waals surface area contributed by atoms with E-state index >= 15 is 0 Å². The van der Waals surface area contributed by atoms with Crippen LogP contribution in [-0.2, 0) is 33.2 Å². The third-order valence-corrected chi connectivity index (χ3v) is 5.77. The first-order valence-electron chi connectivity index (χ1n) is 8.55. The molecule has 27 heavy (non-hydrogen) atoms. The first-order valence-corrected chi connectivity index (χ1v) is 9.88. The van der Waals surface area contributed by atoms with Crippen LogP contribution in [0.3, 0.4) is 0 Å². The van der Waals surface area contributed by atoms with Crippen molar-refractivity contribution in [2.24, 2.45) is 11.1 Å². The number of nitrogens with two attached hydrogens (primary N) is 1. The van der Waals surface area contributed by atoms with E-state index in [0.29, 0.717) is 17.9 Å². The van der Waals surface area contributed by atoms with Crippen LogP contribution in [0.15, 0.2) is 0 Å². The number of rotatable bonds is 6. The van der Waals surface area contributed by atoms with Gasteiger partial charge in [0.15, 0.2) is 0 Å².